The first kappa shape index (κ1) is 24.2. The highest BCUT2D eigenvalue weighted by atomic mass is 35.5. The van der Waals surface area contributed by atoms with Gasteiger partial charge in [0.2, 0.25) is 0 Å². The van der Waals surface area contributed by atoms with Crippen molar-refractivity contribution in [3.8, 4) is 0 Å². The van der Waals surface area contributed by atoms with E-state index in [0.29, 0.717) is 10.6 Å². The number of hydrogen-bond acceptors (Lipinski definition) is 8. The van der Waals surface area contributed by atoms with Gasteiger partial charge >= 0.3 is 11.9 Å². The van der Waals surface area contributed by atoms with Gasteiger partial charge in [0.15, 0.2) is 16.4 Å². The van der Waals surface area contributed by atoms with Crippen molar-refractivity contribution in [2.75, 3.05) is 25.3 Å². The molecule has 1 amide bonds. The van der Waals surface area contributed by atoms with Gasteiger partial charge in [0, 0.05) is 11.1 Å². The van der Waals surface area contributed by atoms with E-state index in [4.69, 9.17) is 21.1 Å². The maximum absolute atomic E-state index is 12.4. The number of anilines is 1. The van der Waals surface area contributed by atoms with Gasteiger partial charge in [-0.3, -0.25) is 4.79 Å². The summed E-state index contributed by atoms with van der Waals surface area (Å²) in [5.74, 6) is -2.11. The molecular weight excluding hydrogens is 478 g/mol. The van der Waals surface area contributed by atoms with E-state index < -0.39 is 34.3 Å². The second-order valence-electron chi connectivity index (χ2n) is 7.30. The number of rotatable bonds is 6. The van der Waals surface area contributed by atoms with Crippen LogP contribution in [0, 0.1) is 0 Å². The standard InChI is InChI=1S/C21H22ClNO7S2/c1-29-21(26)18-13-6-4-3-5-7-16(13)31-19(18)23-17(24)11-30-20(25)14-10-12(32(2,27)28)8-9-15(14)22/h8-10H,3-7,11H2,1-2H3,(H,23,24). The molecule has 11 heteroatoms. The molecule has 0 spiro atoms. The fraction of sp³-hybridized carbons (Fsp3) is 0.381. The maximum Gasteiger partial charge on any atom is 0.341 e. The Morgan fingerprint density at radius 3 is 2.53 bits per heavy atom. The number of methoxy groups -OCH3 is 1. The van der Waals surface area contributed by atoms with Crippen LogP contribution in [0.15, 0.2) is 23.1 Å². The van der Waals surface area contributed by atoms with Crippen LogP contribution in [0.2, 0.25) is 5.02 Å². The number of carbonyl (C=O) groups excluding carboxylic acids is 3. The van der Waals surface area contributed by atoms with Crippen molar-refractivity contribution in [1.82, 2.24) is 0 Å². The van der Waals surface area contributed by atoms with Gasteiger partial charge in [-0.15, -0.1) is 11.3 Å². The van der Waals surface area contributed by atoms with Crippen molar-refractivity contribution in [3.05, 3.63) is 44.8 Å². The summed E-state index contributed by atoms with van der Waals surface area (Å²) in [4.78, 5) is 38.1. The number of halogens is 1. The van der Waals surface area contributed by atoms with Crippen LogP contribution in [-0.2, 0) is 36.9 Å². The van der Waals surface area contributed by atoms with Gasteiger partial charge in [0.1, 0.15) is 5.00 Å². The van der Waals surface area contributed by atoms with Crippen LogP contribution in [0.4, 0.5) is 5.00 Å². The van der Waals surface area contributed by atoms with Crippen LogP contribution < -0.4 is 5.32 Å². The lowest BCUT2D eigenvalue weighted by Gasteiger charge is -2.09. The molecule has 1 aromatic carbocycles. The van der Waals surface area contributed by atoms with Crippen LogP contribution in [0.5, 0.6) is 0 Å². The van der Waals surface area contributed by atoms with Gasteiger partial charge in [-0.1, -0.05) is 18.0 Å². The molecule has 0 aliphatic heterocycles. The molecule has 1 aliphatic carbocycles. The molecular formula is C21H22ClNO7S2. The third kappa shape index (κ3) is 5.48. The third-order valence-electron chi connectivity index (χ3n) is 4.98. The SMILES string of the molecule is COC(=O)c1c(NC(=O)COC(=O)c2cc(S(C)(=O)=O)ccc2Cl)sc2c1CCCCC2. The summed E-state index contributed by atoms with van der Waals surface area (Å²) in [7, 11) is -2.27. The summed E-state index contributed by atoms with van der Waals surface area (Å²) >= 11 is 7.31. The molecule has 0 bridgehead atoms. The summed E-state index contributed by atoms with van der Waals surface area (Å²) in [5.41, 5.74) is 1.08. The predicted molar refractivity (Wildman–Crippen MR) is 120 cm³/mol. The van der Waals surface area contributed by atoms with E-state index in [0.717, 1.165) is 54.9 Å². The fourth-order valence-corrected chi connectivity index (χ4v) is 5.55. The van der Waals surface area contributed by atoms with E-state index in [1.807, 2.05) is 0 Å². The molecule has 8 nitrogen and oxygen atoms in total. The van der Waals surface area contributed by atoms with Crippen molar-refractivity contribution in [1.29, 1.82) is 0 Å². The average Bonchev–Trinajstić information content (AvgIpc) is 2.91. The molecule has 1 N–H and O–H groups in total. The Morgan fingerprint density at radius 2 is 1.84 bits per heavy atom. The zero-order valence-corrected chi connectivity index (χ0v) is 19.9. The summed E-state index contributed by atoms with van der Waals surface area (Å²) in [6.07, 6.45) is 5.59. The number of benzene rings is 1. The van der Waals surface area contributed by atoms with Crippen molar-refractivity contribution in [2.45, 2.75) is 37.0 Å². The number of aryl methyl sites for hydroxylation is 1. The van der Waals surface area contributed by atoms with Crippen molar-refractivity contribution in [3.63, 3.8) is 0 Å². The number of nitrogens with one attached hydrogen (secondary N) is 1. The monoisotopic (exact) mass is 499 g/mol. The Hall–Kier alpha value is -2.43. The average molecular weight is 500 g/mol. The Bertz CT molecular complexity index is 1170. The first-order chi connectivity index (χ1) is 15.1. The molecule has 1 aliphatic rings. The number of fused-ring (bicyclic) bond motifs is 1. The van der Waals surface area contributed by atoms with Gasteiger partial charge in [0.05, 0.1) is 28.2 Å². The summed E-state index contributed by atoms with van der Waals surface area (Å²) in [6.45, 7) is -0.637. The number of amides is 1. The first-order valence-corrected chi connectivity index (χ1v) is 12.9. The van der Waals surface area contributed by atoms with E-state index in [1.54, 1.807) is 0 Å². The number of hydrogen-bond donors (Lipinski definition) is 1. The molecule has 1 aromatic heterocycles. The zero-order valence-electron chi connectivity index (χ0n) is 17.5. The highest BCUT2D eigenvalue weighted by Gasteiger charge is 2.26. The van der Waals surface area contributed by atoms with E-state index in [2.05, 4.69) is 5.32 Å². The number of sulfone groups is 1. The Morgan fingerprint density at radius 1 is 1.12 bits per heavy atom. The second-order valence-corrected chi connectivity index (χ2v) is 10.8. The largest absolute Gasteiger partial charge is 0.465 e. The van der Waals surface area contributed by atoms with Crippen LogP contribution in [0.1, 0.15) is 50.4 Å². The lowest BCUT2D eigenvalue weighted by Crippen LogP contribution is -2.22. The topological polar surface area (TPSA) is 116 Å². The number of ether oxygens (including phenoxy) is 2. The van der Waals surface area contributed by atoms with Crippen LogP contribution in [0.3, 0.4) is 0 Å². The summed E-state index contributed by atoms with van der Waals surface area (Å²) < 4.78 is 33.3. The highest BCUT2D eigenvalue weighted by molar-refractivity contribution is 7.90. The molecule has 0 saturated heterocycles. The third-order valence-corrected chi connectivity index (χ3v) is 7.63. The Balaban J connectivity index is 1.73. The van der Waals surface area contributed by atoms with Crippen LogP contribution >= 0.6 is 22.9 Å². The van der Waals surface area contributed by atoms with E-state index in [1.165, 1.54) is 30.6 Å². The Labute approximate surface area is 194 Å². The molecule has 0 radical (unpaired) electrons. The van der Waals surface area contributed by atoms with Gasteiger partial charge in [-0.2, -0.15) is 0 Å². The van der Waals surface area contributed by atoms with Crippen LogP contribution in [0.25, 0.3) is 0 Å². The van der Waals surface area contributed by atoms with Crippen molar-refractivity contribution in [2.24, 2.45) is 0 Å². The fourth-order valence-electron chi connectivity index (χ4n) is 3.41. The molecule has 1 heterocycles. The number of carbonyl (C=O) groups is 3. The quantitative estimate of drug-likeness (QED) is 0.476. The van der Waals surface area contributed by atoms with E-state index in [-0.39, 0.29) is 15.5 Å². The molecule has 0 atom stereocenters. The maximum atomic E-state index is 12.4. The smallest absolute Gasteiger partial charge is 0.341 e. The van der Waals surface area contributed by atoms with E-state index in [9.17, 15) is 22.8 Å². The normalized spacial score (nSPS) is 13.6. The molecule has 2 aromatic rings. The van der Waals surface area contributed by atoms with Gasteiger partial charge in [-0.25, -0.2) is 18.0 Å². The molecule has 3 rings (SSSR count). The van der Waals surface area contributed by atoms with Gasteiger partial charge < -0.3 is 14.8 Å². The predicted octanol–water partition coefficient (Wildman–Crippen LogP) is 3.66. The Kier molecular flexibility index (Phi) is 7.58. The summed E-state index contributed by atoms with van der Waals surface area (Å²) in [6, 6.07) is 3.65. The van der Waals surface area contributed by atoms with Gasteiger partial charge in [-0.05, 0) is 49.4 Å². The zero-order chi connectivity index (χ0) is 23.5. The minimum absolute atomic E-state index is 0.00205. The minimum Gasteiger partial charge on any atom is -0.465 e. The lowest BCUT2D eigenvalue weighted by molar-refractivity contribution is -0.119. The van der Waals surface area contributed by atoms with E-state index >= 15 is 0 Å². The number of thiophene rings is 1. The molecule has 0 fully saturated rings. The molecule has 172 valence electrons. The number of esters is 2. The summed E-state index contributed by atoms with van der Waals surface area (Å²) in [5, 5.41) is 2.99. The van der Waals surface area contributed by atoms with Crippen molar-refractivity contribution >= 4 is 55.6 Å². The molecule has 0 unspecified atom stereocenters. The van der Waals surface area contributed by atoms with Crippen LogP contribution in [-0.4, -0.2) is 46.2 Å². The van der Waals surface area contributed by atoms with Crippen molar-refractivity contribution < 1.29 is 32.3 Å². The first-order valence-electron chi connectivity index (χ1n) is 9.81. The molecule has 32 heavy (non-hydrogen) atoms. The molecule has 0 saturated carbocycles. The second kappa shape index (κ2) is 10.0. The highest BCUT2D eigenvalue weighted by Crippen LogP contribution is 2.38. The van der Waals surface area contributed by atoms with Gasteiger partial charge in [0.25, 0.3) is 5.91 Å². The lowest BCUT2D eigenvalue weighted by atomic mass is 10.1. The minimum atomic E-state index is -3.56.